The van der Waals surface area contributed by atoms with Crippen LogP contribution in [-0.4, -0.2) is 17.9 Å². The van der Waals surface area contributed by atoms with Crippen LogP contribution in [0.15, 0.2) is 64.6 Å². The van der Waals surface area contributed by atoms with Gasteiger partial charge in [-0.3, -0.25) is 14.9 Å². The fourth-order valence-corrected chi connectivity index (χ4v) is 3.83. The van der Waals surface area contributed by atoms with Crippen LogP contribution in [0.25, 0.3) is 6.08 Å². The molecule has 3 rings (SSSR count). The number of non-ortho nitro benzene ring substituents is 1. The third-order valence-corrected chi connectivity index (χ3v) is 5.97. The Hall–Kier alpha value is -3.87. The van der Waals surface area contributed by atoms with Crippen LogP contribution in [0.2, 0.25) is 5.02 Å². The Morgan fingerprint density at radius 3 is 2.60 bits per heavy atom. The Balaban J connectivity index is 1.81. The molecule has 0 bridgehead atoms. The van der Waals surface area contributed by atoms with Crippen LogP contribution < -0.4 is 14.8 Å². The van der Waals surface area contributed by atoms with E-state index < -0.39 is 10.8 Å². The number of nitrogens with zero attached hydrogens (tertiary/aromatic N) is 2. The molecule has 0 aliphatic carbocycles. The summed E-state index contributed by atoms with van der Waals surface area (Å²) in [6, 6.07) is 16.4. The molecule has 0 fully saturated rings. The lowest BCUT2D eigenvalue weighted by Crippen LogP contribution is -2.14. The third-order valence-electron chi connectivity index (χ3n) is 4.97. The molecule has 3 aromatic rings. The lowest BCUT2D eigenvalue weighted by atomic mass is 10.1. The van der Waals surface area contributed by atoms with E-state index in [1.807, 2.05) is 6.07 Å². The second-order valence-corrected chi connectivity index (χ2v) is 8.54. The van der Waals surface area contributed by atoms with Crippen molar-refractivity contribution in [1.29, 1.82) is 5.26 Å². The smallest absolute Gasteiger partial charge is 0.269 e. The lowest BCUT2D eigenvalue weighted by Gasteiger charge is -2.14. The van der Waals surface area contributed by atoms with Crippen LogP contribution in [0.3, 0.4) is 0 Å². The highest BCUT2D eigenvalue weighted by Gasteiger charge is 2.15. The molecule has 0 aromatic heterocycles. The van der Waals surface area contributed by atoms with E-state index in [2.05, 4.69) is 21.2 Å². The molecular formula is C25H19BrClN3O5. The number of ether oxygens (including phenoxy) is 2. The maximum Gasteiger partial charge on any atom is 0.269 e. The first kappa shape index (κ1) is 25.7. The Morgan fingerprint density at radius 1 is 1.26 bits per heavy atom. The average Bonchev–Trinajstić information content (AvgIpc) is 2.84. The molecule has 0 saturated heterocycles. The van der Waals surface area contributed by atoms with E-state index in [-0.39, 0.29) is 17.9 Å². The van der Waals surface area contributed by atoms with Crippen molar-refractivity contribution in [2.75, 3.05) is 12.4 Å². The highest BCUT2D eigenvalue weighted by atomic mass is 79.9. The Morgan fingerprint density at radius 2 is 1.97 bits per heavy atom. The number of amides is 1. The van der Waals surface area contributed by atoms with Crippen molar-refractivity contribution >= 4 is 50.9 Å². The molecule has 0 atom stereocenters. The van der Waals surface area contributed by atoms with Gasteiger partial charge in [-0.2, -0.15) is 5.26 Å². The fraction of sp³-hybridized carbons (Fsp3) is 0.120. The number of carbonyl (C=O) groups excluding carboxylic acids is 1. The van der Waals surface area contributed by atoms with Gasteiger partial charge in [-0.25, -0.2) is 0 Å². The van der Waals surface area contributed by atoms with Gasteiger partial charge in [-0.05, 0) is 82.0 Å². The van der Waals surface area contributed by atoms with Gasteiger partial charge in [0.2, 0.25) is 0 Å². The minimum Gasteiger partial charge on any atom is -0.493 e. The molecule has 0 saturated carbocycles. The zero-order valence-electron chi connectivity index (χ0n) is 18.7. The molecule has 0 heterocycles. The number of nitro benzene ring substituents is 1. The van der Waals surface area contributed by atoms with E-state index in [0.717, 1.165) is 5.56 Å². The summed E-state index contributed by atoms with van der Waals surface area (Å²) >= 11 is 9.54. The highest BCUT2D eigenvalue weighted by Crippen LogP contribution is 2.38. The monoisotopic (exact) mass is 555 g/mol. The van der Waals surface area contributed by atoms with E-state index in [1.165, 1.54) is 25.3 Å². The predicted octanol–water partition coefficient (Wildman–Crippen LogP) is 6.45. The van der Waals surface area contributed by atoms with Gasteiger partial charge in [0, 0.05) is 22.8 Å². The quantitative estimate of drug-likeness (QED) is 0.148. The van der Waals surface area contributed by atoms with Crippen molar-refractivity contribution in [3.05, 3.63) is 96.5 Å². The van der Waals surface area contributed by atoms with Gasteiger partial charge in [0.15, 0.2) is 11.5 Å². The molecule has 0 radical (unpaired) electrons. The van der Waals surface area contributed by atoms with E-state index >= 15 is 0 Å². The maximum atomic E-state index is 12.7. The molecule has 1 amide bonds. The van der Waals surface area contributed by atoms with Gasteiger partial charge < -0.3 is 14.8 Å². The third kappa shape index (κ3) is 6.38. The summed E-state index contributed by atoms with van der Waals surface area (Å²) in [5, 5.41) is 23.6. The maximum absolute atomic E-state index is 12.7. The first-order chi connectivity index (χ1) is 16.7. The van der Waals surface area contributed by atoms with E-state index in [4.69, 9.17) is 21.1 Å². The molecular weight excluding hydrogens is 538 g/mol. The molecule has 3 aromatic carbocycles. The van der Waals surface area contributed by atoms with Crippen LogP contribution in [0, 0.1) is 28.4 Å². The van der Waals surface area contributed by atoms with Crippen molar-refractivity contribution in [3.63, 3.8) is 0 Å². The highest BCUT2D eigenvalue weighted by molar-refractivity contribution is 9.10. The van der Waals surface area contributed by atoms with E-state index in [9.17, 15) is 20.2 Å². The predicted molar refractivity (Wildman–Crippen MR) is 137 cm³/mol. The number of methoxy groups -OCH3 is 1. The van der Waals surface area contributed by atoms with Crippen LogP contribution in [-0.2, 0) is 11.4 Å². The number of rotatable bonds is 8. The van der Waals surface area contributed by atoms with Gasteiger partial charge in [0.1, 0.15) is 18.2 Å². The molecule has 0 aliphatic rings. The molecule has 8 nitrogen and oxygen atoms in total. The molecule has 178 valence electrons. The molecule has 0 spiro atoms. The summed E-state index contributed by atoms with van der Waals surface area (Å²) in [5.41, 5.74) is 2.35. The normalized spacial score (nSPS) is 10.9. The zero-order chi connectivity index (χ0) is 25.5. The van der Waals surface area contributed by atoms with Gasteiger partial charge >= 0.3 is 0 Å². The summed E-state index contributed by atoms with van der Waals surface area (Å²) in [6.45, 7) is 1.91. The van der Waals surface area contributed by atoms with Crippen molar-refractivity contribution < 1.29 is 19.2 Å². The second kappa shape index (κ2) is 11.5. The van der Waals surface area contributed by atoms with Crippen LogP contribution in [0.1, 0.15) is 16.7 Å². The molecule has 0 unspecified atom stereocenters. The van der Waals surface area contributed by atoms with E-state index in [1.54, 1.807) is 49.4 Å². The summed E-state index contributed by atoms with van der Waals surface area (Å²) in [5.74, 6) is 0.197. The Kier molecular flexibility index (Phi) is 8.47. The van der Waals surface area contributed by atoms with Gasteiger partial charge in [0.25, 0.3) is 11.6 Å². The standard InChI is InChI=1S/C25H19BrClN3O5/c1-15-21(27)4-3-5-22(15)29-25(31)18(13-28)10-17-11-20(26)24(23(12-17)34-2)35-14-16-6-8-19(9-7-16)30(32)33/h3-12H,14H2,1-2H3,(H,29,31)/b18-10-. The van der Waals surface area contributed by atoms with Crippen molar-refractivity contribution in [2.45, 2.75) is 13.5 Å². The SMILES string of the molecule is COc1cc(/C=C(/C#N)C(=O)Nc2cccc(Cl)c2C)cc(Br)c1OCc1ccc([N+](=O)[O-])cc1. The summed E-state index contributed by atoms with van der Waals surface area (Å²) in [4.78, 5) is 23.0. The fourth-order valence-electron chi connectivity index (χ4n) is 3.08. The van der Waals surface area contributed by atoms with Crippen molar-refractivity contribution in [2.24, 2.45) is 0 Å². The Labute approximate surface area is 215 Å². The molecule has 35 heavy (non-hydrogen) atoms. The van der Waals surface area contributed by atoms with Crippen LogP contribution in [0.4, 0.5) is 11.4 Å². The summed E-state index contributed by atoms with van der Waals surface area (Å²) < 4.78 is 11.8. The Bertz CT molecular complexity index is 1350. The number of halogens is 2. The molecule has 1 N–H and O–H groups in total. The summed E-state index contributed by atoms with van der Waals surface area (Å²) in [6.07, 6.45) is 1.43. The number of benzene rings is 3. The summed E-state index contributed by atoms with van der Waals surface area (Å²) in [7, 11) is 1.47. The number of hydrogen-bond donors (Lipinski definition) is 1. The zero-order valence-corrected chi connectivity index (χ0v) is 21.0. The first-order valence-corrected chi connectivity index (χ1v) is 11.3. The van der Waals surface area contributed by atoms with Gasteiger partial charge in [0.05, 0.1) is 16.5 Å². The molecule has 0 aliphatic heterocycles. The minimum atomic E-state index is -0.577. The van der Waals surface area contributed by atoms with Gasteiger partial charge in [-0.1, -0.05) is 17.7 Å². The topological polar surface area (TPSA) is 114 Å². The van der Waals surface area contributed by atoms with E-state index in [0.29, 0.717) is 37.8 Å². The van der Waals surface area contributed by atoms with Crippen molar-refractivity contribution in [1.82, 2.24) is 0 Å². The lowest BCUT2D eigenvalue weighted by molar-refractivity contribution is -0.384. The number of hydrogen-bond acceptors (Lipinski definition) is 6. The minimum absolute atomic E-state index is 0.00786. The number of anilines is 1. The van der Waals surface area contributed by atoms with Gasteiger partial charge in [-0.15, -0.1) is 0 Å². The van der Waals surface area contributed by atoms with Crippen molar-refractivity contribution in [3.8, 4) is 17.6 Å². The largest absolute Gasteiger partial charge is 0.493 e. The first-order valence-electron chi connectivity index (χ1n) is 10.2. The van der Waals surface area contributed by atoms with Crippen LogP contribution in [0.5, 0.6) is 11.5 Å². The number of nitro groups is 1. The number of nitriles is 1. The van der Waals surface area contributed by atoms with Crippen LogP contribution >= 0.6 is 27.5 Å². The number of nitrogens with one attached hydrogen (secondary N) is 1. The molecule has 10 heteroatoms. The average molecular weight is 557 g/mol. The number of carbonyl (C=O) groups is 1. The second-order valence-electron chi connectivity index (χ2n) is 7.28.